The van der Waals surface area contributed by atoms with Gasteiger partial charge in [0.2, 0.25) is 5.91 Å². The van der Waals surface area contributed by atoms with Crippen LogP contribution in [0.2, 0.25) is 0 Å². The van der Waals surface area contributed by atoms with Gasteiger partial charge in [-0.15, -0.1) is 0 Å². The minimum absolute atomic E-state index is 0.0912. The highest BCUT2D eigenvalue weighted by Crippen LogP contribution is 2.17. The Hall–Kier alpha value is -2.37. The monoisotopic (exact) mass is 318 g/mol. The van der Waals surface area contributed by atoms with Crippen LogP contribution in [0.1, 0.15) is 46.0 Å². The first-order valence-corrected chi connectivity index (χ1v) is 7.75. The van der Waals surface area contributed by atoms with Gasteiger partial charge in [-0.2, -0.15) is 0 Å². The van der Waals surface area contributed by atoms with E-state index in [-0.39, 0.29) is 17.4 Å². The number of carbonyl (C=O) groups is 3. The second-order valence-corrected chi connectivity index (χ2v) is 6.05. The molecular formula is C17H22N2O4. The molecule has 0 aromatic heterocycles. The maximum Gasteiger partial charge on any atom is 0.335 e. The summed E-state index contributed by atoms with van der Waals surface area (Å²) in [5, 5.41) is 11.9. The Kier molecular flexibility index (Phi) is 5.36. The van der Waals surface area contributed by atoms with Crippen LogP contribution in [-0.4, -0.2) is 47.4 Å². The molecule has 0 spiro atoms. The molecule has 23 heavy (non-hydrogen) atoms. The summed E-state index contributed by atoms with van der Waals surface area (Å²) in [4.78, 5) is 36.4. The van der Waals surface area contributed by atoms with Crippen LogP contribution in [0.25, 0.3) is 0 Å². The molecule has 124 valence electrons. The van der Waals surface area contributed by atoms with Crippen molar-refractivity contribution >= 4 is 17.8 Å². The van der Waals surface area contributed by atoms with Crippen LogP contribution in [0.4, 0.5) is 0 Å². The first kappa shape index (κ1) is 17.0. The van der Waals surface area contributed by atoms with Gasteiger partial charge >= 0.3 is 5.97 Å². The Morgan fingerprint density at radius 3 is 2.35 bits per heavy atom. The van der Waals surface area contributed by atoms with E-state index in [9.17, 15) is 14.4 Å². The van der Waals surface area contributed by atoms with Gasteiger partial charge < -0.3 is 15.3 Å². The fourth-order valence-electron chi connectivity index (χ4n) is 2.83. The molecule has 0 unspecified atom stereocenters. The molecule has 0 atom stereocenters. The summed E-state index contributed by atoms with van der Waals surface area (Å²) >= 11 is 0. The van der Waals surface area contributed by atoms with Gasteiger partial charge in [0.1, 0.15) is 0 Å². The average Bonchev–Trinajstić information content (AvgIpc) is 2.52. The Labute approximate surface area is 135 Å². The molecule has 2 rings (SSSR count). The summed E-state index contributed by atoms with van der Waals surface area (Å²) in [5.41, 5.74) is 1.22. The fourth-order valence-corrected chi connectivity index (χ4v) is 2.83. The molecule has 0 saturated carbocycles. The fraction of sp³-hybridized carbons (Fsp3) is 0.471. The van der Waals surface area contributed by atoms with Crippen LogP contribution >= 0.6 is 0 Å². The number of aromatic carboxylic acids is 1. The molecule has 0 radical (unpaired) electrons. The lowest BCUT2D eigenvalue weighted by Gasteiger charge is -2.31. The molecule has 2 amide bonds. The van der Waals surface area contributed by atoms with Gasteiger partial charge in [0.25, 0.3) is 5.91 Å². The first-order chi connectivity index (χ1) is 10.9. The number of benzene rings is 1. The predicted molar refractivity (Wildman–Crippen MR) is 85.4 cm³/mol. The van der Waals surface area contributed by atoms with E-state index < -0.39 is 5.97 Å². The lowest BCUT2D eigenvalue weighted by atomic mass is 9.96. The molecule has 1 saturated heterocycles. The highest BCUT2D eigenvalue weighted by Gasteiger charge is 2.21. The summed E-state index contributed by atoms with van der Waals surface area (Å²) in [5.74, 6) is -0.865. The molecule has 1 aromatic rings. The van der Waals surface area contributed by atoms with Crippen LogP contribution in [0, 0.1) is 12.8 Å². The van der Waals surface area contributed by atoms with E-state index in [0.717, 1.165) is 31.5 Å². The topological polar surface area (TPSA) is 86.7 Å². The molecule has 1 aromatic carbocycles. The molecule has 6 nitrogen and oxygen atoms in total. The molecule has 1 aliphatic rings. The zero-order valence-electron chi connectivity index (χ0n) is 13.5. The summed E-state index contributed by atoms with van der Waals surface area (Å²) in [7, 11) is 0. The highest BCUT2D eigenvalue weighted by molar-refractivity contribution is 5.97. The number of hydrogen-bond acceptors (Lipinski definition) is 3. The second kappa shape index (κ2) is 7.26. The number of aryl methyl sites for hydroxylation is 1. The van der Waals surface area contributed by atoms with Gasteiger partial charge in [-0.3, -0.25) is 9.59 Å². The third-order valence-electron chi connectivity index (χ3n) is 4.20. The van der Waals surface area contributed by atoms with Crippen molar-refractivity contribution in [1.29, 1.82) is 0 Å². The van der Waals surface area contributed by atoms with Crippen molar-refractivity contribution in [3.8, 4) is 0 Å². The number of carbonyl (C=O) groups excluding carboxylic acids is 2. The number of hydrogen-bond donors (Lipinski definition) is 2. The number of carboxylic acids is 1. The van der Waals surface area contributed by atoms with E-state index in [1.165, 1.54) is 12.1 Å². The molecule has 2 N–H and O–H groups in total. The van der Waals surface area contributed by atoms with E-state index in [2.05, 4.69) is 5.32 Å². The van der Waals surface area contributed by atoms with Crippen LogP contribution < -0.4 is 5.32 Å². The maximum atomic E-state index is 12.2. The molecule has 0 aliphatic carbocycles. The van der Waals surface area contributed by atoms with E-state index in [1.807, 2.05) is 4.90 Å². The lowest BCUT2D eigenvalue weighted by Crippen LogP contribution is -2.40. The number of piperidine rings is 1. The van der Waals surface area contributed by atoms with Gasteiger partial charge in [0.05, 0.1) is 5.56 Å². The van der Waals surface area contributed by atoms with Crippen LogP contribution in [-0.2, 0) is 4.79 Å². The zero-order valence-corrected chi connectivity index (χ0v) is 13.5. The smallest absolute Gasteiger partial charge is 0.335 e. The van der Waals surface area contributed by atoms with Gasteiger partial charge in [-0.1, -0.05) is 0 Å². The minimum atomic E-state index is -1.04. The molecular weight excluding hydrogens is 296 g/mol. The summed E-state index contributed by atoms with van der Waals surface area (Å²) in [6.07, 6.45) is 1.74. The quantitative estimate of drug-likeness (QED) is 0.884. The van der Waals surface area contributed by atoms with E-state index in [4.69, 9.17) is 5.11 Å². The van der Waals surface area contributed by atoms with Crippen LogP contribution in [0.15, 0.2) is 18.2 Å². The van der Waals surface area contributed by atoms with Gasteiger partial charge in [0, 0.05) is 32.1 Å². The molecule has 1 aliphatic heterocycles. The highest BCUT2D eigenvalue weighted by atomic mass is 16.4. The second-order valence-electron chi connectivity index (χ2n) is 6.05. The number of carboxylic acid groups (broad SMARTS) is 1. The average molecular weight is 318 g/mol. The van der Waals surface area contributed by atoms with Crippen molar-refractivity contribution < 1.29 is 19.5 Å². The summed E-state index contributed by atoms with van der Waals surface area (Å²) in [6, 6.07) is 4.61. The Morgan fingerprint density at radius 2 is 1.78 bits per heavy atom. The Balaban J connectivity index is 1.91. The van der Waals surface area contributed by atoms with Gasteiger partial charge in [-0.05, 0) is 49.4 Å². The van der Waals surface area contributed by atoms with E-state index in [0.29, 0.717) is 18.0 Å². The largest absolute Gasteiger partial charge is 0.478 e. The van der Waals surface area contributed by atoms with Crippen molar-refractivity contribution in [2.24, 2.45) is 5.92 Å². The van der Waals surface area contributed by atoms with E-state index in [1.54, 1.807) is 19.9 Å². The van der Waals surface area contributed by atoms with E-state index >= 15 is 0 Å². The van der Waals surface area contributed by atoms with Crippen LogP contribution in [0.3, 0.4) is 0 Å². The standard InChI is InChI=1S/C17H22N2O4/c1-11-7-14(9-15(8-11)17(22)23)16(21)18-10-13-3-5-19(6-4-13)12(2)20/h7-9,13H,3-6,10H2,1-2H3,(H,18,21)(H,22,23). The number of likely N-dealkylation sites (tertiary alicyclic amines) is 1. The van der Waals surface area contributed by atoms with Crippen molar-refractivity contribution in [2.75, 3.05) is 19.6 Å². The van der Waals surface area contributed by atoms with Crippen molar-refractivity contribution in [1.82, 2.24) is 10.2 Å². The number of nitrogens with one attached hydrogen (secondary N) is 1. The molecule has 1 heterocycles. The molecule has 1 fully saturated rings. The van der Waals surface area contributed by atoms with Crippen molar-refractivity contribution in [3.05, 3.63) is 34.9 Å². The third kappa shape index (κ3) is 4.55. The predicted octanol–water partition coefficient (Wildman–Crippen LogP) is 1.68. The Bertz CT molecular complexity index is 619. The zero-order chi connectivity index (χ0) is 17.0. The van der Waals surface area contributed by atoms with Crippen molar-refractivity contribution in [2.45, 2.75) is 26.7 Å². The Morgan fingerprint density at radius 1 is 1.17 bits per heavy atom. The first-order valence-electron chi connectivity index (χ1n) is 7.75. The molecule has 0 bridgehead atoms. The summed E-state index contributed by atoms with van der Waals surface area (Å²) in [6.45, 7) is 5.33. The lowest BCUT2D eigenvalue weighted by molar-refractivity contribution is -0.130. The molecule has 6 heteroatoms. The normalized spacial score (nSPS) is 15.3. The van der Waals surface area contributed by atoms with Gasteiger partial charge in [-0.25, -0.2) is 4.79 Å². The van der Waals surface area contributed by atoms with Gasteiger partial charge in [0.15, 0.2) is 0 Å². The summed E-state index contributed by atoms with van der Waals surface area (Å²) < 4.78 is 0. The number of nitrogens with zero attached hydrogens (tertiary/aromatic N) is 1. The third-order valence-corrected chi connectivity index (χ3v) is 4.20. The van der Waals surface area contributed by atoms with Crippen molar-refractivity contribution in [3.63, 3.8) is 0 Å². The maximum absolute atomic E-state index is 12.2. The minimum Gasteiger partial charge on any atom is -0.478 e. The SMILES string of the molecule is CC(=O)N1CCC(CNC(=O)c2cc(C)cc(C(=O)O)c2)CC1. The number of amides is 2. The number of rotatable bonds is 4. The van der Waals surface area contributed by atoms with Crippen LogP contribution in [0.5, 0.6) is 0 Å².